The first kappa shape index (κ1) is 33.6. The van der Waals surface area contributed by atoms with Crippen LogP contribution in [0.4, 0.5) is 4.79 Å². The molecule has 2 aliphatic rings. The molecular formula is C34H34N2O9S2. The van der Waals surface area contributed by atoms with Crippen molar-refractivity contribution in [3.63, 3.8) is 0 Å². The van der Waals surface area contributed by atoms with Crippen molar-refractivity contribution in [1.82, 2.24) is 10.2 Å². The Morgan fingerprint density at radius 1 is 0.957 bits per heavy atom. The molecule has 5 rings (SSSR count). The third-order valence-electron chi connectivity index (χ3n) is 7.21. The van der Waals surface area contributed by atoms with E-state index in [2.05, 4.69) is 5.32 Å². The molecule has 2 heterocycles. The fourth-order valence-corrected chi connectivity index (χ4v) is 7.47. The standard InChI is InChI=1S/C34H34N2O9S2/c1-22-15-17-26(18-16-22)47(41,42)43-20-19-25-21-46(40)31-27(35-33(39)45-34(2,3)4)30(37)36(31)28(25)32(38)44-29(23-11-7-5-8-12-23)24-13-9-6-10-14-24/h5-20,27,29,31H,21H2,1-4H3,(H,35,39)/b20-19-/t27-,31+,46?/m1/s1. The van der Waals surface area contributed by atoms with Crippen LogP contribution in [0.15, 0.2) is 113 Å². The largest absolute Gasteiger partial charge is 0.448 e. The van der Waals surface area contributed by atoms with Gasteiger partial charge in [0.05, 0.1) is 16.6 Å². The second-order valence-corrected chi connectivity index (χ2v) is 15.0. The Kier molecular flexibility index (Phi) is 9.68. The number of amides is 2. The van der Waals surface area contributed by atoms with Crippen LogP contribution in [0.5, 0.6) is 0 Å². The van der Waals surface area contributed by atoms with Crippen LogP contribution >= 0.6 is 0 Å². The van der Waals surface area contributed by atoms with E-state index in [9.17, 15) is 27.0 Å². The molecule has 47 heavy (non-hydrogen) atoms. The van der Waals surface area contributed by atoms with E-state index in [0.29, 0.717) is 11.1 Å². The van der Waals surface area contributed by atoms with Crippen LogP contribution < -0.4 is 5.32 Å². The number of nitrogens with zero attached hydrogens (tertiary/aromatic N) is 1. The van der Waals surface area contributed by atoms with Gasteiger partial charge in [-0.1, -0.05) is 78.4 Å². The summed E-state index contributed by atoms with van der Waals surface area (Å²) in [5.41, 5.74) is 1.13. The van der Waals surface area contributed by atoms with E-state index in [1.165, 1.54) is 18.2 Å². The van der Waals surface area contributed by atoms with Crippen molar-refractivity contribution < 1.29 is 40.7 Å². The highest BCUT2D eigenvalue weighted by Gasteiger charge is 2.57. The molecule has 2 amide bonds. The predicted molar refractivity (Wildman–Crippen MR) is 173 cm³/mol. The maximum absolute atomic E-state index is 14.1. The number of nitrogens with one attached hydrogen (secondary N) is 1. The third kappa shape index (κ3) is 7.63. The Bertz CT molecular complexity index is 1810. The zero-order valence-electron chi connectivity index (χ0n) is 26.1. The fraction of sp³-hybridized carbons (Fsp3) is 0.265. The number of esters is 1. The molecule has 13 heteroatoms. The van der Waals surface area contributed by atoms with Crippen molar-refractivity contribution in [1.29, 1.82) is 0 Å². The van der Waals surface area contributed by atoms with Crippen molar-refractivity contribution in [3.05, 3.63) is 125 Å². The highest BCUT2D eigenvalue weighted by Crippen LogP contribution is 2.38. The zero-order valence-corrected chi connectivity index (χ0v) is 27.7. The van der Waals surface area contributed by atoms with Gasteiger partial charge in [-0.25, -0.2) is 9.59 Å². The number of β-lactam (4-membered cyclic amide) rings is 1. The molecule has 0 radical (unpaired) electrons. The molecule has 3 aromatic carbocycles. The summed E-state index contributed by atoms with van der Waals surface area (Å²) in [5, 5.41) is 1.36. The number of carbonyl (C=O) groups excluding carboxylic acids is 3. The van der Waals surface area contributed by atoms with Gasteiger partial charge >= 0.3 is 22.2 Å². The number of hydrogen-bond acceptors (Lipinski definition) is 9. The van der Waals surface area contributed by atoms with Crippen LogP contribution in [0, 0.1) is 6.92 Å². The van der Waals surface area contributed by atoms with Gasteiger partial charge in [0.1, 0.15) is 33.9 Å². The SMILES string of the molecule is Cc1ccc(S(=O)(=O)O/C=C\C2=C(C(=O)OC(c3ccccc3)c3ccccc3)N3C(=O)[C@@H](NC(=O)OC(C)(C)C)[C@@H]3S(=O)C2)cc1. The molecule has 1 fully saturated rings. The number of allylic oxidation sites excluding steroid dienone is 1. The molecular weight excluding hydrogens is 645 g/mol. The minimum absolute atomic E-state index is 0.0487. The lowest BCUT2D eigenvalue weighted by Gasteiger charge is -2.49. The first-order chi connectivity index (χ1) is 22.2. The maximum atomic E-state index is 14.1. The quantitative estimate of drug-likeness (QED) is 0.148. The van der Waals surface area contributed by atoms with Crippen molar-refractivity contribution in [2.45, 2.75) is 55.7 Å². The van der Waals surface area contributed by atoms with Crippen LogP contribution in [-0.4, -0.2) is 58.3 Å². The molecule has 0 spiro atoms. The summed E-state index contributed by atoms with van der Waals surface area (Å²) < 4.78 is 55.5. The Morgan fingerprint density at radius 2 is 1.53 bits per heavy atom. The summed E-state index contributed by atoms with van der Waals surface area (Å²) in [6.45, 7) is 6.79. The molecule has 11 nitrogen and oxygen atoms in total. The molecule has 2 aliphatic heterocycles. The monoisotopic (exact) mass is 678 g/mol. The lowest BCUT2D eigenvalue weighted by atomic mass is 10.0. The van der Waals surface area contributed by atoms with E-state index in [4.69, 9.17) is 13.7 Å². The first-order valence-electron chi connectivity index (χ1n) is 14.7. The van der Waals surface area contributed by atoms with Gasteiger partial charge in [-0.2, -0.15) is 8.42 Å². The van der Waals surface area contributed by atoms with Crippen LogP contribution in [0.2, 0.25) is 0 Å². The number of ether oxygens (including phenoxy) is 2. The molecule has 3 aromatic rings. The average Bonchev–Trinajstić information content (AvgIpc) is 3.02. The molecule has 0 aliphatic carbocycles. The van der Waals surface area contributed by atoms with E-state index >= 15 is 0 Å². The van der Waals surface area contributed by atoms with Crippen molar-refractivity contribution in [2.24, 2.45) is 0 Å². The average molecular weight is 679 g/mol. The summed E-state index contributed by atoms with van der Waals surface area (Å²) in [4.78, 5) is 41.0. The van der Waals surface area contributed by atoms with Gasteiger partial charge in [-0.3, -0.25) is 13.9 Å². The lowest BCUT2D eigenvalue weighted by molar-refractivity contribution is -0.153. The number of benzene rings is 3. The summed E-state index contributed by atoms with van der Waals surface area (Å²) in [5.74, 6) is -1.90. The molecule has 3 atom stereocenters. The molecule has 0 bridgehead atoms. The van der Waals surface area contributed by atoms with Crippen molar-refractivity contribution >= 4 is 38.9 Å². The zero-order chi connectivity index (χ0) is 33.9. The predicted octanol–water partition coefficient (Wildman–Crippen LogP) is 4.62. The van der Waals surface area contributed by atoms with E-state index in [0.717, 1.165) is 16.7 Å². The van der Waals surface area contributed by atoms with Crippen LogP contribution in [0.3, 0.4) is 0 Å². The molecule has 246 valence electrons. The minimum Gasteiger partial charge on any atom is -0.448 e. The summed E-state index contributed by atoms with van der Waals surface area (Å²) >= 11 is 0. The van der Waals surface area contributed by atoms with E-state index in [1.54, 1.807) is 81.4 Å². The summed E-state index contributed by atoms with van der Waals surface area (Å²) in [7, 11) is -6.04. The molecule has 0 saturated carbocycles. The molecule has 0 aromatic heterocycles. The summed E-state index contributed by atoms with van der Waals surface area (Å²) in [6, 6.07) is 22.8. The third-order valence-corrected chi connectivity index (χ3v) is 10.0. The second-order valence-electron chi connectivity index (χ2n) is 11.9. The lowest BCUT2D eigenvalue weighted by Crippen LogP contribution is -2.73. The van der Waals surface area contributed by atoms with Gasteiger partial charge in [0.25, 0.3) is 5.91 Å². The fourth-order valence-electron chi connectivity index (χ4n) is 5.05. The topological polar surface area (TPSA) is 145 Å². The Hall–Kier alpha value is -4.75. The highest BCUT2D eigenvalue weighted by molar-refractivity contribution is 7.87. The number of fused-ring (bicyclic) bond motifs is 1. The van der Waals surface area contributed by atoms with Gasteiger partial charge in [-0.15, -0.1) is 0 Å². The van der Waals surface area contributed by atoms with Gasteiger partial charge in [0.2, 0.25) is 0 Å². The first-order valence-corrected chi connectivity index (χ1v) is 17.4. The van der Waals surface area contributed by atoms with Gasteiger partial charge < -0.3 is 19.0 Å². The van der Waals surface area contributed by atoms with Gasteiger partial charge in [0.15, 0.2) is 6.10 Å². The Labute approximate surface area is 275 Å². The van der Waals surface area contributed by atoms with E-state index in [1.807, 2.05) is 19.1 Å². The van der Waals surface area contributed by atoms with E-state index in [-0.39, 0.29) is 21.9 Å². The molecule has 1 saturated heterocycles. The van der Waals surface area contributed by atoms with Crippen LogP contribution in [0.25, 0.3) is 0 Å². The Morgan fingerprint density at radius 3 is 2.09 bits per heavy atom. The number of alkyl carbamates (subject to hydrolysis) is 1. The summed E-state index contributed by atoms with van der Waals surface area (Å²) in [6.07, 6.45) is 0.285. The van der Waals surface area contributed by atoms with Gasteiger partial charge in [-0.05, 0) is 62.6 Å². The smallest absolute Gasteiger partial charge is 0.408 e. The van der Waals surface area contributed by atoms with Crippen LogP contribution in [0.1, 0.15) is 43.6 Å². The Balaban J connectivity index is 1.49. The minimum atomic E-state index is -4.22. The second kappa shape index (κ2) is 13.5. The normalized spacial score (nSPS) is 19.6. The highest BCUT2D eigenvalue weighted by atomic mass is 32.2. The number of aryl methyl sites for hydroxylation is 1. The number of carbonyl (C=O) groups is 3. The van der Waals surface area contributed by atoms with E-state index < -0.39 is 62.0 Å². The molecule has 1 N–H and O–H groups in total. The molecule has 1 unspecified atom stereocenters. The van der Waals surface area contributed by atoms with Crippen molar-refractivity contribution in [3.8, 4) is 0 Å². The number of hydrogen-bond donors (Lipinski definition) is 1. The number of rotatable bonds is 9. The van der Waals surface area contributed by atoms with Gasteiger partial charge in [0, 0.05) is 0 Å². The maximum Gasteiger partial charge on any atom is 0.408 e. The van der Waals surface area contributed by atoms with Crippen molar-refractivity contribution in [2.75, 3.05) is 5.75 Å². The van der Waals surface area contributed by atoms with Crippen LogP contribution in [-0.2, 0) is 44.2 Å².